The van der Waals surface area contributed by atoms with Crippen LogP contribution in [-0.2, 0) is 23.1 Å². The number of benzene rings is 4. The van der Waals surface area contributed by atoms with Crippen molar-refractivity contribution in [1.82, 2.24) is 58.4 Å². The van der Waals surface area contributed by atoms with Crippen LogP contribution in [0.3, 0.4) is 0 Å². The Morgan fingerprint density at radius 2 is 1.15 bits per heavy atom. The van der Waals surface area contributed by atoms with E-state index >= 15 is 0 Å². The number of Topliss-reactive ketones (excluding diaryl/α,β-unsaturated/α-hetero) is 2. The maximum atomic E-state index is 13.5. The largest absolute Gasteiger partial charge is 0.382 e. The Bertz CT molecular complexity index is 3740. The van der Waals surface area contributed by atoms with Gasteiger partial charge in [-0.1, -0.05) is 84.9 Å². The van der Waals surface area contributed by atoms with Crippen molar-refractivity contribution in [2.45, 2.75) is 25.9 Å². The van der Waals surface area contributed by atoms with Gasteiger partial charge in [0.25, 0.3) is 0 Å². The lowest BCUT2D eigenvalue weighted by Gasteiger charge is -2.12. The van der Waals surface area contributed by atoms with E-state index < -0.39 is 15.9 Å². The lowest BCUT2D eigenvalue weighted by atomic mass is 10.00. The highest BCUT2D eigenvalue weighted by Gasteiger charge is 2.35. The van der Waals surface area contributed by atoms with E-state index in [1.54, 1.807) is 10.6 Å². The lowest BCUT2D eigenvalue weighted by Crippen LogP contribution is -2.29. The number of ketones is 2. The number of hydrogen-bond donors (Lipinski definition) is 3. The molecule has 18 nitrogen and oxygen atoms in total. The van der Waals surface area contributed by atoms with Crippen LogP contribution in [0.5, 0.6) is 0 Å². The summed E-state index contributed by atoms with van der Waals surface area (Å²) in [6.45, 7) is 3.38. The van der Waals surface area contributed by atoms with Gasteiger partial charge in [-0.15, -0.1) is 12.4 Å². The number of nitrogen functional groups attached to an aromatic ring is 2. The van der Waals surface area contributed by atoms with Crippen LogP contribution in [-0.4, -0.2) is 105 Å². The molecule has 0 bridgehead atoms. The van der Waals surface area contributed by atoms with Crippen molar-refractivity contribution >= 4 is 78.5 Å². The molecule has 0 aliphatic carbocycles. The maximum Gasteiger partial charge on any atom is 0.211 e. The molecule has 2 aliphatic heterocycles. The van der Waals surface area contributed by atoms with Crippen molar-refractivity contribution in [3.8, 4) is 22.3 Å². The summed E-state index contributed by atoms with van der Waals surface area (Å²) in [4.78, 5) is 35.1. The van der Waals surface area contributed by atoms with Gasteiger partial charge in [-0.2, -0.15) is 20.4 Å². The number of carbonyl (C=O) groups is 2. The van der Waals surface area contributed by atoms with Crippen molar-refractivity contribution in [2.75, 3.05) is 43.9 Å². The first-order valence-corrected chi connectivity index (χ1v) is 24.8. The van der Waals surface area contributed by atoms with E-state index in [-0.39, 0.29) is 42.3 Å². The molecule has 2 saturated heterocycles. The predicted octanol–water partition coefficient (Wildman–Crippen LogP) is 6.43. The number of anilines is 2. The first-order chi connectivity index (χ1) is 33.9. The van der Waals surface area contributed by atoms with Gasteiger partial charge in [-0.25, -0.2) is 31.7 Å². The monoisotopic (exact) mass is 988 g/mol. The molecule has 0 radical (unpaired) electrons. The van der Waals surface area contributed by atoms with Crippen molar-refractivity contribution in [1.29, 1.82) is 0 Å². The highest BCUT2D eigenvalue weighted by atomic mass is 35.5. The number of rotatable bonds is 11. The van der Waals surface area contributed by atoms with E-state index in [4.69, 9.17) is 21.7 Å². The number of nitrogens with one attached hydrogen (secondary N) is 1. The maximum absolute atomic E-state index is 13.5. The molecule has 0 spiro atoms. The number of carbonyl (C=O) groups excluding carboxylic acids is 2. The number of nitrogens with two attached hydrogens (primary N) is 2. The van der Waals surface area contributed by atoms with Gasteiger partial charge in [0.1, 0.15) is 35.1 Å². The highest BCUT2D eigenvalue weighted by Crippen LogP contribution is 2.36. The second kappa shape index (κ2) is 19.2. The second-order valence-corrected chi connectivity index (χ2v) is 19.9. The molecule has 0 saturated carbocycles. The zero-order chi connectivity index (χ0) is 48.1. The molecule has 2 fully saturated rings. The van der Waals surface area contributed by atoms with Crippen LogP contribution in [0.25, 0.3) is 55.1 Å². The quantitative estimate of drug-likeness (QED) is 0.119. The van der Waals surface area contributed by atoms with Crippen LogP contribution >= 0.6 is 12.4 Å². The van der Waals surface area contributed by atoms with E-state index in [0.29, 0.717) is 60.8 Å². The SMILES string of the molecule is CS(=O)(=O)N1CCC(C(=O)c2cc(-c3ccc4cn(Cc5ccccc5)nc4c3)c3c(N)ncnn23)C1.Cl.Nc1ncnn2c(C(=O)C3CCNC3)cc(-c3ccc4cn(Cc5ccccc5)nc4c3)c12. The lowest BCUT2D eigenvalue weighted by molar-refractivity contribution is 0.0914. The third-order valence-corrected chi connectivity index (χ3v) is 14.5. The molecule has 6 aromatic heterocycles. The molecule has 20 heteroatoms. The Labute approximate surface area is 413 Å². The summed E-state index contributed by atoms with van der Waals surface area (Å²) in [6, 6.07) is 36.1. The van der Waals surface area contributed by atoms with Gasteiger partial charge in [0, 0.05) is 65.8 Å². The molecule has 2 aliphatic rings. The number of sulfonamides is 1. The van der Waals surface area contributed by atoms with Crippen molar-refractivity contribution in [3.63, 3.8) is 0 Å². The number of halogens is 1. The average Bonchev–Trinajstić information content (AvgIpc) is 4.23. The molecule has 71 heavy (non-hydrogen) atoms. The number of hydrogen-bond acceptors (Lipinski definition) is 13. The van der Waals surface area contributed by atoms with Crippen LogP contribution in [0.2, 0.25) is 0 Å². The summed E-state index contributed by atoms with van der Waals surface area (Å²) in [5.74, 6) is 0.00357. The molecule has 10 aromatic rings. The predicted molar refractivity (Wildman–Crippen MR) is 275 cm³/mol. The average molecular weight is 990 g/mol. The summed E-state index contributed by atoms with van der Waals surface area (Å²) in [7, 11) is -3.36. The number of fused-ring (bicyclic) bond motifs is 4. The topological polar surface area (TPSA) is 232 Å². The summed E-state index contributed by atoms with van der Waals surface area (Å²) >= 11 is 0. The summed E-state index contributed by atoms with van der Waals surface area (Å²) in [6.07, 6.45) is 9.20. The fourth-order valence-corrected chi connectivity index (χ4v) is 10.5. The van der Waals surface area contributed by atoms with Crippen molar-refractivity contribution in [2.24, 2.45) is 11.8 Å². The number of nitrogens with zero attached hydrogens (tertiary/aromatic N) is 11. The van der Waals surface area contributed by atoms with Gasteiger partial charge < -0.3 is 16.8 Å². The molecule has 4 aromatic carbocycles. The third kappa shape index (κ3) is 9.23. The van der Waals surface area contributed by atoms with Gasteiger partial charge in [-0.3, -0.25) is 19.0 Å². The van der Waals surface area contributed by atoms with Crippen molar-refractivity contribution < 1.29 is 18.0 Å². The summed E-state index contributed by atoms with van der Waals surface area (Å²) in [5.41, 5.74) is 21.9. The molecule has 0 amide bonds. The van der Waals surface area contributed by atoms with Crippen LogP contribution < -0.4 is 16.8 Å². The Hall–Kier alpha value is -7.84. The fourth-order valence-electron chi connectivity index (χ4n) is 9.64. The van der Waals surface area contributed by atoms with Gasteiger partial charge in [-0.05, 0) is 65.9 Å². The molecule has 5 N–H and O–H groups in total. The van der Waals surface area contributed by atoms with E-state index in [9.17, 15) is 18.0 Å². The Morgan fingerprint density at radius 1 is 0.662 bits per heavy atom. The van der Waals surface area contributed by atoms with Crippen LogP contribution in [0.1, 0.15) is 44.9 Å². The van der Waals surface area contributed by atoms with Crippen LogP contribution in [0, 0.1) is 11.8 Å². The molecular weight excluding hydrogens is 940 g/mol. The molecule has 8 heterocycles. The molecule has 2 atom stereocenters. The van der Waals surface area contributed by atoms with E-state index in [1.165, 1.54) is 27.0 Å². The first kappa shape index (κ1) is 46.9. The van der Waals surface area contributed by atoms with E-state index in [2.05, 4.69) is 49.7 Å². The zero-order valence-electron chi connectivity index (χ0n) is 38.5. The Morgan fingerprint density at radius 3 is 1.61 bits per heavy atom. The van der Waals surface area contributed by atoms with Crippen LogP contribution in [0.15, 0.2) is 134 Å². The molecule has 2 unspecified atom stereocenters. The Kier molecular flexibility index (Phi) is 12.6. The second-order valence-electron chi connectivity index (χ2n) is 17.9. The summed E-state index contributed by atoms with van der Waals surface area (Å²) < 4.78 is 32.3. The van der Waals surface area contributed by atoms with Gasteiger partial charge in [0.2, 0.25) is 10.0 Å². The molecule has 12 rings (SSSR count). The first-order valence-electron chi connectivity index (χ1n) is 23.0. The normalized spacial score (nSPS) is 16.1. The Balaban J connectivity index is 0.000000163. The van der Waals surface area contributed by atoms with Gasteiger partial charge in [0.05, 0.1) is 30.4 Å². The third-order valence-electron chi connectivity index (χ3n) is 13.2. The fraction of sp³-hybridized carbons (Fsp3) is 0.216. The minimum Gasteiger partial charge on any atom is -0.382 e. The van der Waals surface area contributed by atoms with Gasteiger partial charge in [0.15, 0.2) is 23.2 Å². The van der Waals surface area contributed by atoms with Gasteiger partial charge >= 0.3 is 0 Å². The number of aromatic nitrogens is 10. The highest BCUT2D eigenvalue weighted by molar-refractivity contribution is 7.88. The van der Waals surface area contributed by atoms with Crippen LogP contribution in [0.4, 0.5) is 11.6 Å². The standard InChI is InChI=1S/C26H25N7O3S.C25H23N7O.ClH/c1-37(35,36)32-10-9-20(15-32)25(34)23-12-21(24-26(27)28-16-29-33(23)24)18-7-8-19-14-31(30-22(19)11-18)13-17-5-3-2-4-6-17;26-25-23-20(11-22(32(23)29-15-28-25)24(33)18-8-9-27-12-18)17-6-7-19-14-31(30-21(19)10-17)13-16-4-2-1-3-5-16;/h2-8,11-12,14,16,20H,9-10,13,15H2,1H3,(H2,27,28,29);1-7,10-11,14-15,18,27H,8-9,12-13H2,(H2,26,28,29);1H. The molecule has 360 valence electrons. The summed E-state index contributed by atoms with van der Waals surface area (Å²) in [5, 5.41) is 23.5. The van der Waals surface area contributed by atoms with E-state index in [0.717, 1.165) is 68.8 Å². The smallest absolute Gasteiger partial charge is 0.211 e. The minimum atomic E-state index is -3.36. The minimum absolute atomic E-state index is 0. The van der Waals surface area contributed by atoms with Crippen molar-refractivity contribution in [3.05, 3.63) is 157 Å². The molecular formula is C51H49ClN14O4S. The zero-order valence-corrected chi connectivity index (χ0v) is 40.2. The van der Waals surface area contributed by atoms with E-state index in [1.807, 2.05) is 101 Å².